The molecule has 0 radical (unpaired) electrons. The molecule has 0 aliphatic carbocycles. The molecule has 1 aliphatic rings. The Morgan fingerprint density at radius 1 is 1.29 bits per heavy atom. The summed E-state index contributed by atoms with van der Waals surface area (Å²) in [7, 11) is 0. The van der Waals surface area contributed by atoms with Crippen LogP contribution in [0, 0.1) is 5.92 Å². The third-order valence-electron chi connectivity index (χ3n) is 3.24. The number of benzene rings is 1. The summed E-state index contributed by atoms with van der Waals surface area (Å²) in [4.78, 5) is 22.5. The monoisotopic (exact) mass is 294 g/mol. The van der Waals surface area contributed by atoms with E-state index in [0.29, 0.717) is 24.5 Å². The molecule has 1 unspecified atom stereocenters. The SMILES string of the molecule is CCC(CNC(=O)NCc1ccc2c(c1)OCO2)C(=O)O. The molecule has 0 aromatic heterocycles. The molecule has 1 aliphatic heterocycles. The third-order valence-corrected chi connectivity index (χ3v) is 3.24. The van der Waals surface area contributed by atoms with Crippen molar-refractivity contribution in [2.75, 3.05) is 13.3 Å². The highest BCUT2D eigenvalue weighted by atomic mass is 16.7. The van der Waals surface area contributed by atoms with Crippen LogP contribution in [0.3, 0.4) is 0 Å². The first-order valence-corrected chi connectivity index (χ1v) is 6.73. The Hall–Kier alpha value is -2.44. The highest BCUT2D eigenvalue weighted by molar-refractivity contribution is 5.75. The van der Waals surface area contributed by atoms with E-state index in [9.17, 15) is 9.59 Å². The van der Waals surface area contributed by atoms with Gasteiger partial charge in [-0.2, -0.15) is 0 Å². The largest absolute Gasteiger partial charge is 0.481 e. The van der Waals surface area contributed by atoms with Gasteiger partial charge in [0.2, 0.25) is 6.79 Å². The van der Waals surface area contributed by atoms with Gasteiger partial charge in [0.05, 0.1) is 5.92 Å². The topological polar surface area (TPSA) is 96.9 Å². The molecule has 7 heteroatoms. The molecule has 2 rings (SSSR count). The van der Waals surface area contributed by atoms with E-state index in [1.165, 1.54) is 0 Å². The van der Waals surface area contributed by atoms with Crippen molar-refractivity contribution in [1.82, 2.24) is 10.6 Å². The van der Waals surface area contributed by atoms with Crippen LogP contribution >= 0.6 is 0 Å². The fourth-order valence-corrected chi connectivity index (χ4v) is 1.92. The number of rotatable bonds is 6. The summed E-state index contributed by atoms with van der Waals surface area (Å²) in [6.07, 6.45) is 0.470. The first-order chi connectivity index (χ1) is 10.1. The lowest BCUT2D eigenvalue weighted by Crippen LogP contribution is -2.39. The van der Waals surface area contributed by atoms with E-state index in [1.54, 1.807) is 19.1 Å². The quantitative estimate of drug-likeness (QED) is 0.735. The van der Waals surface area contributed by atoms with Crippen LogP contribution in [0.1, 0.15) is 18.9 Å². The highest BCUT2D eigenvalue weighted by Gasteiger charge is 2.16. The number of hydrogen-bond acceptors (Lipinski definition) is 4. The number of aliphatic carboxylic acids is 1. The molecule has 114 valence electrons. The Labute approximate surface area is 122 Å². The zero-order valence-corrected chi connectivity index (χ0v) is 11.7. The molecule has 0 saturated heterocycles. The average Bonchev–Trinajstić information content (AvgIpc) is 2.92. The van der Waals surface area contributed by atoms with Crippen LogP contribution in [0.2, 0.25) is 0 Å². The molecule has 0 bridgehead atoms. The van der Waals surface area contributed by atoms with Gasteiger partial charge < -0.3 is 25.2 Å². The summed E-state index contributed by atoms with van der Waals surface area (Å²) in [6, 6.07) is 5.02. The van der Waals surface area contributed by atoms with Gasteiger partial charge in [-0.3, -0.25) is 4.79 Å². The number of carbonyl (C=O) groups is 2. The molecule has 21 heavy (non-hydrogen) atoms. The van der Waals surface area contributed by atoms with Gasteiger partial charge in [0, 0.05) is 13.1 Å². The van der Waals surface area contributed by atoms with E-state index >= 15 is 0 Å². The number of amides is 2. The molecule has 7 nitrogen and oxygen atoms in total. The molecule has 1 aromatic rings. The fraction of sp³-hybridized carbons (Fsp3) is 0.429. The molecule has 0 spiro atoms. The molecule has 2 amide bonds. The fourth-order valence-electron chi connectivity index (χ4n) is 1.92. The number of fused-ring (bicyclic) bond motifs is 1. The van der Waals surface area contributed by atoms with Crippen molar-refractivity contribution in [3.8, 4) is 11.5 Å². The van der Waals surface area contributed by atoms with Gasteiger partial charge in [0.25, 0.3) is 0 Å². The zero-order valence-electron chi connectivity index (χ0n) is 11.7. The predicted octanol–water partition coefficient (Wildman–Crippen LogP) is 1.33. The highest BCUT2D eigenvalue weighted by Crippen LogP contribution is 2.32. The van der Waals surface area contributed by atoms with Crippen molar-refractivity contribution in [1.29, 1.82) is 0 Å². The van der Waals surface area contributed by atoms with Crippen LogP contribution in [0.4, 0.5) is 4.79 Å². The number of urea groups is 1. The van der Waals surface area contributed by atoms with Gasteiger partial charge in [-0.25, -0.2) is 4.79 Å². The number of carboxylic acids is 1. The maximum absolute atomic E-state index is 11.6. The van der Waals surface area contributed by atoms with Gasteiger partial charge in [-0.15, -0.1) is 0 Å². The minimum absolute atomic E-state index is 0.110. The van der Waals surface area contributed by atoms with Crippen LogP contribution < -0.4 is 20.1 Å². The molecular formula is C14H18N2O5. The Morgan fingerprint density at radius 3 is 2.76 bits per heavy atom. The van der Waals surface area contributed by atoms with E-state index in [-0.39, 0.29) is 13.3 Å². The first kappa shape index (κ1) is 15.0. The zero-order chi connectivity index (χ0) is 15.2. The number of ether oxygens (including phenoxy) is 2. The number of nitrogens with one attached hydrogen (secondary N) is 2. The number of carbonyl (C=O) groups excluding carboxylic acids is 1. The van der Waals surface area contributed by atoms with E-state index in [4.69, 9.17) is 14.6 Å². The lowest BCUT2D eigenvalue weighted by molar-refractivity contribution is -0.141. The first-order valence-electron chi connectivity index (χ1n) is 6.73. The van der Waals surface area contributed by atoms with Crippen molar-refractivity contribution < 1.29 is 24.2 Å². The summed E-state index contributed by atoms with van der Waals surface area (Å²) in [5, 5.41) is 14.1. The van der Waals surface area contributed by atoms with Crippen molar-refractivity contribution >= 4 is 12.0 Å². The number of hydrogen-bond donors (Lipinski definition) is 3. The van der Waals surface area contributed by atoms with Crippen molar-refractivity contribution in [2.24, 2.45) is 5.92 Å². The van der Waals surface area contributed by atoms with E-state index < -0.39 is 17.9 Å². The summed E-state index contributed by atoms with van der Waals surface area (Å²) in [5.74, 6) is -0.128. The van der Waals surface area contributed by atoms with Crippen LogP contribution in [-0.4, -0.2) is 30.4 Å². The van der Waals surface area contributed by atoms with E-state index in [0.717, 1.165) is 5.56 Å². The Balaban J connectivity index is 1.77. The Kier molecular flexibility index (Phi) is 4.86. The minimum Gasteiger partial charge on any atom is -0.481 e. The van der Waals surface area contributed by atoms with Gasteiger partial charge in [0.1, 0.15) is 0 Å². The summed E-state index contributed by atoms with van der Waals surface area (Å²) >= 11 is 0. The Morgan fingerprint density at radius 2 is 2.05 bits per heavy atom. The maximum Gasteiger partial charge on any atom is 0.315 e. The second kappa shape index (κ2) is 6.83. The lowest BCUT2D eigenvalue weighted by atomic mass is 10.1. The summed E-state index contributed by atoms with van der Waals surface area (Å²) in [5.41, 5.74) is 0.875. The summed E-state index contributed by atoms with van der Waals surface area (Å²) < 4.78 is 10.5. The standard InChI is InChI=1S/C14H18N2O5/c1-2-10(13(17)18)7-16-14(19)15-6-9-3-4-11-12(5-9)21-8-20-11/h3-5,10H,2,6-8H2,1H3,(H,17,18)(H2,15,16,19). The second-order valence-electron chi connectivity index (χ2n) is 4.69. The van der Waals surface area contributed by atoms with Crippen molar-refractivity contribution in [2.45, 2.75) is 19.9 Å². The molecule has 1 heterocycles. The van der Waals surface area contributed by atoms with Crippen molar-refractivity contribution in [3.05, 3.63) is 23.8 Å². The second-order valence-corrected chi connectivity index (χ2v) is 4.69. The van der Waals surface area contributed by atoms with Crippen LogP contribution in [-0.2, 0) is 11.3 Å². The summed E-state index contributed by atoms with van der Waals surface area (Å²) in [6.45, 7) is 2.41. The Bertz CT molecular complexity index is 532. The van der Waals surface area contributed by atoms with Crippen molar-refractivity contribution in [3.63, 3.8) is 0 Å². The molecule has 3 N–H and O–H groups in total. The van der Waals surface area contributed by atoms with Gasteiger partial charge in [0.15, 0.2) is 11.5 Å². The van der Waals surface area contributed by atoms with Gasteiger partial charge >= 0.3 is 12.0 Å². The predicted molar refractivity (Wildman–Crippen MR) is 74.2 cm³/mol. The van der Waals surface area contributed by atoms with E-state index in [2.05, 4.69) is 10.6 Å². The molecule has 0 fully saturated rings. The normalized spacial score (nSPS) is 13.6. The maximum atomic E-state index is 11.6. The molecule has 0 saturated carbocycles. The van der Waals surface area contributed by atoms with Gasteiger partial charge in [-0.05, 0) is 24.1 Å². The van der Waals surface area contributed by atoms with Crippen LogP contribution in [0.5, 0.6) is 11.5 Å². The average molecular weight is 294 g/mol. The van der Waals surface area contributed by atoms with Gasteiger partial charge in [-0.1, -0.05) is 13.0 Å². The molecule has 1 aromatic carbocycles. The smallest absolute Gasteiger partial charge is 0.315 e. The molecule has 1 atom stereocenters. The minimum atomic E-state index is -0.909. The lowest BCUT2D eigenvalue weighted by Gasteiger charge is -2.12. The van der Waals surface area contributed by atoms with Crippen LogP contribution in [0.25, 0.3) is 0 Å². The molecular weight excluding hydrogens is 276 g/mol. The van der Waals surface area contributed by atoms with Crippen LogP contribution in [0.15, 0.2) is 18.2 Å². The number of carboxylic acid groups (broad SMARTS) is 1. The third kappa shape index (κ3) is 4.01. The van der Waals surface area contributed by atoms with E-state index in [1.807, 2.05) is 6.07 Å².